The number of nitrogens with one attached hydrogen (secondary N) is 1. The Labute approximate surface area is 273 Å². The number of carbonyl (C=O) groups excluding carboxylic acids is 3. The van der Waals surface area contributed by atoms with Gasteiger partial charge < -0.3 is 39.2 Å². The second-order valence-corrected chi connectivity index (χ2v) is 17.1. The molecule has 4 aliphatic heterocycles. The molecule has 4 heterocycles. The van der Waals surface area contributed by atoms with E-state index in [9.17, 15) is 24.6 Å². The first-order valence-electron chi connectivity index (χ1n) is 17.2. The summed E-state index contributed by atoms with van der Waals surface area (Å²) in [4.78, 5) is 35.8. The average molecular weight is 662 g/mol. The van der Waals surface area contributed by atoms with Gasteiger partial charge in [-0.2, -0.15) is 0 Å². The lowest BCUT2D eigenvalue weighted by Crippen LogP contribution is -2.76. The maximum absolute atomic E-state index is 12.5. The van der Waals surface area contributed by atoms with E-state index in [0.29, 0.717) is 25.9 Å². The summed E-state index contributed by atoms with van der Waals surface area (Å²) in [5, 5.41) is 26.6. The van der Waals surface area contributed by atoms with Crippen LogP contribution in [-0.2, 0) is 38.1 Å². The van der Waals surface area contributed by atoms with Crippen LogP contribution in [-0.4, -0.2) is 88.9 Å². The molecule has 0 bridgehead atoms. The van der Waals surface area contributed by atoms with Crippen molar-refractivity contribution in [3.63, 3.8) is 0 Å². The highest BCUT2D eigenvalue weighted by molar-refractivity contribution is 8.01. The number of rotatable bonds is 4. The van der Waals surface area contributed by atoms with Crippen molar-refractivity contribution in [2.75, 3.05) is 25.6 Å². The van der Waals surface area contributed by atoms with E-state index in [1.54, 1.807) is 6.08 Å². The molecule has 0 radical (unpaired) electrons. The number of cyclic esters (lactones) is 1. The molecule has 1 amide bonds. The summed E-state index contributed by atoms with van der Waals surface area (Å²) >= 11 is 1.35. The predicted octanol–water partition coefficient (Wildman–Crippen LogP) is 2.81. The molecule has 0 aromatic carbocycles. The lowest BCUT2D eigenvalue weighted by atomic mass is 9.39. The molecule has 254 valence electrons. The number of aliphatic hydroxyl groups is 2. The molecule has 11 nitrogen and oxygen atoms in total. The Kier molecular flexibility index (Phi) is 7.31. The summed E-state index contributed by atoms with van der Waals surface area (Å²) in [6.45, 7) is 6.33. The predicted molar refractivity (Wildman–Crippen MR) is 164 cm³/mol. The maximum Gasteiger partial charge on any atom is 0.331 e. The quantitative estimate of drug-likeness (QED) is 0.302. The van der Waals surface area contributed by atoms with Gasteiger partial charge in [0.1, 0.15) is 11.5 Å². The van der Waals surface area contributed by atoms with Gasteiger partial charge in [0.05, 0.1) is 30.7 Å². The van der Waals surface area contributed by atoms with Crippen molar-refractivity contribution in [2.45, 2.75) is 114 Å². The van der Waals surface area contributed by atoms with E-state index in [-0.39, 0.29) is 83.5 Å². The fourth-order valence-electron chi connectivity index (χ4n) is 12.1. The second kappa shape index (κ2) is 10.6. The maximum atomic E-state index is 12.5. The Morgan fingerprint density at radius 2 is 1.93 bits per heavy atom. The van der Waals surface area contributed by atoms with Crippen molar-refractivity contribution >= 4 is 29.6 Å². The number of thioether (sulfide) groups is 1. The highest BCUT2D eigenvalue weighted by atomic mass is 32.2. The normalized spacial score (nSPS) is 52.4. The zero-order valence-electron chi connectivity index (χ0n) is 27.0. The molecule has 3 saturated heterocycles. The van der Waals surface area contributed by atoms with Gasteiger partial charge in [-0.3, -0.25) is 9.59 Å². The molecule has 12 heteroatoms. The number of aliphatic hydroxyl groups excluding tert-OH is 1. The minimum absolute atomic E-state index is 0.0691. The fraction of sp³-hybridized carbons (Fsp3) is 0.853. The molecule has 4 saturated carbocycles. The Bertz CT molecular complexity index is 1360. The second-order valence-electron chi connectivity index (χ2n) is 15.8. The Balaban J connectivity index is 1.14. The van der Waals surface area contributed by atoms with Gasteiger partial charge in [0.25, 0.3) is 5.79 Å². The summed E-state index contributed by atoms with van der Waals surface area (Å²) in [6.07, 6.45) is 6.60. The van der Waals surface area contributed by atoms with Crippen LogP contribution in [0, 0.1) is 39.9 Å². The van der Waals surface area contributed by atoms with E-state index >= 15 is 0 Å². The molecule has 1 unspecified atom stereocenters. The highest BCUT2D eigenvalue weighted by Crippen LogP contribution is 2.74. The van der Waals surface area contributed by atoms with E-state index in [2.05, 4.69) is 12.2 Å². The minimum atomic E-state index is -1.88. The smallest absolute Gasteiger partial charge is 0.331 e. The van der Waals surface area contributed by atoms with E-state index in [0.717, 1.165) is 44.1 Å². The van der Waals surface area contributed by atoms with E-state index < -0.39 is 28.5 Å². The first kappa shape index (κ1) is 31.6. The lowest BCUT2D eigenvalue weighted by molar-refractivity contribution is -0.449. The summed E-state index contributed by atoms with van der Waals surface area (Å²) in [5.74, 6) is -1.69. The van der Waals surface area contributed by atoms with Crippen LogP contribution in [0.5, 0.6) is 0 Å². The van der Waals surface area contributed by atoms with Gasteiger partial charge in [0, 0.05) is 36.9 Å². The number of ether oxygens (including phenoxy) is 5. The summed E-state index contributed by atoms with van der Waals surface area (Å²) in [5.41, 5.74) is 0.0869. The number of carbonyl (C=O) groups is 3. The molecular weight excluding hydrogens is 614 g/mol. The van der Waals surface area contributed by atoms with E-state index in [1.807, 2.05) is 6.92 Å². The third kappa shape index (κ3) is 4.19. The first-order chi connectivity index (χ1) is 21.9. The van der Waals surface area contributed by atoms with Gasteiger partial charge >= 0.3 is 11.9 Å². The van der Waals surface area contributed by atoms with Crippen molar-refractivity contribution in [3.05, 3.63) is 11.6 Å². The molecule has 0 aromatic heterocycles. The molecule has 13 atom stereocenters. The SMILES string of the molecule is CC(=O)OC[C@]12C[C@H]3OC4(O)[C@@H](O[C@H](C)C[C@@]45NC(=O)CS5)O[C@@H]3C[C@@H]1CC[C@@H]1[C@@H]2CC[C@]2(C)[C@@H](C3=CC(=O)OC3)CC[C@]12CO. The molecule has 4 aliphatic carbocycles. The molecule has 3 N–H and O–H groups in total. The Morgan fingerprint density at radius 3 is 2.63 bits per heavy atom. The van der Waals surface area contributed by atoms with Crippen LogP contribution in [0.15, 0.2) is 11.6 Å². The average Bonchev–Trinajstić information content (AvgIpc) is 3.69. The number of amides is 1. The van der Waals surface area contributed by atoms with Crippen molar-refractivity contribution in [3.8, 4) is 0 Å². The number of hydrogen-bond donors (Lipinski definition) is 3. The van der Waals surface area contributed by atoms with Crippen molar-refractivity contribution in [1.29, 1.82) is 0 Å². The molecule has 8 aliphatic rings. The van der Waals surface area contributed by atoms with Gasteiger partial charge in [-0.15, -0.1) is 11.8 Å². The zero-order chi connectivity index (χ0) is 32.3. The van der Waals surface area contributed by atoms with Crippen molar-refractivity contribution in [2.24, 2.45) is 39.9 Å². The highest BCUT2D eigenvalue weighted by Gasteiger charge is 2.73. The molecule has 7 fully saturated rings. The van der Waals surface area contributed by atoms with Gasteiger partial charge in [0.15, 0.2) is 0 Å². The third-order valence-electron chi connectivity index (χ3n) is 14.1. The van der Waals surface area contributed by atoms with Crippen LogP contribution in [0.3, 0.4) is 0 Å². The van der Waals surface area contributed by atoms with Gasteiger partial charge in [-0.1, -0.05) is 6.92 Å². The van der Waals surface area contributed by atoms with Crippen molar-refractivity contribution < 1.29 is 48.3 Å². The van der Waals surface area contributed by atoms with Crippen molar-refractivity contribution in [1.82, 2.24) is 5.32 Å². The zero-order valence-corrected chi connectivity index (χ0v) is 27.8. The molecule has 8 rings (SSSR count). The van der Waals surface area contributed by atoms with Crippen LogP contribution in [0.25, 0.3) is 0 Å². The molecular formula is C34H47NO10S. The number of esters is 2. The van der Waals surface area contributed by atoms with Crippen LogP contribution >= 0.6 is 11.8 Å². The van der Waals surface area contributed by atoms with Crippen LogP contribution in [0.2, 0.25) is 0 Å². The number of hydrogen-bond acceptors (Lipinski definition) is 11. The van der Waals surface area contributed by atoms with Gasteiger partial charge in [-0.25, -0.2) is 4.79 Å². The number of fused-ring (bicyclic) bond motifs is 8. The standard InChI is InChI=1S/C34H47NO10S/c1-18-12-33(35-27(38)15-46-33)34(40)29(43-18)44-25-11-21-4-5-24-23(31(21,13-26(25)45-34)17-42-19(2)37)6-8-30(3)22(7-9-32(24,30)16-36)20-10-28(39)41-14-20/h10,18,21-26,29,36,40H,4-9,11-17H2,1-3H3,(H,35,38)/t18-,21+,22-,23+,24-,25-,26-,29+,30-,31-,32+,33+,34?/m1/s1. The first-order valence-corrected chi connectivity index (χ1v) is 18.1. The van der Waals surface area contributed by atoms with Crippen LogP contribution < -0.4 is 5.32 Å². The fourth-order valence-corrected chi connectivity index (χ4v) is 13.4. The summed E-state index contributed by atoms with van der Waals surface area (Å²) in [7, 11) is 0. The molecule has 0 aromatic rings. The summed E-state index contributed by atoms with van der Waals surface area (Å²) < 4.78 is 30.8. The van der Waals surface area contributed by atoms with E-state index in [1.165, 1.54) is 18.7 Å². The van der Waals surface area contributed by atoms with Gasteiger partial charge in [-0.05, 0) is 93.0 Å². The van der Waals surface area contributed by atoms with Gasteiger partial charge in [0.2, 0.25) is 12.2 Å². The van der Waals surface area contributed by atoms with Crippen LogP contribution in [0.1, 0.15) is 78.6 Å². The van der Waals surface area contributed by atoms with E-state index in [4.69, 9.17) is 23.7 Å². The Morgan fingerprint density at radius 1 is 1.11 bits per heavy atom. The van der Waals surface area contributed by atoms with Crippen LogP contribution in [0.4, 0.5) is 0 Å². The Hall–Kier alpha value is -1.70. The lowest BCUT2D eigenvalue weighted by Gasteiger charge is -2.67. The topological polar surface area (TPSA) is 150 Å². The monoisotopic (exact) mass is 661 g/mol. The minimum Gasteiger partial charge on any atom is -0.465 e. The summed E-state index contributed by atoms with van der Waals surface area (Å²) in [6, 6.07) is 0. The molecule has 46 heavy (non-hydrogen) atoms. The largest absolute Gasteiger partial charge is 0.465 e. The third-order valence-corrected chi connectivity index (χ3v) is 15.5. The molecule has 1 spiro atoms.